The van der Waals surface area contributed by atoms with E-state index >= 15 is 4.79 Å². The highest BCUT2D eigenvalue weighted by atomic mass is 16.4. The van der Waals surface area contributed by atoms with E-state index in [-0.39, 0.29) is 94.8 Å². The van der Waals surface area contributed by atoms with E-state index in [1.807, 2.05) is 0 Å². The molecule has 1 aliphatic heterocycles. The molecule has 1 aliphatic carbocycles. The zero-order valence-corrected chi connectivity index (χ0v) is 63.7. The summed E-state index contributed by atoms with van der Waals surface area (Å²) < 4.78 is 0. The van der Waals surface area contributed by atoms with Crippen LogP contribution in [0.4, 0.5) is 0 Å². The average molecular weight is 1540 g/mol. The SMILES string of the molecule is CCC[C@@H]1NC(=O)[C@H](Cc2c[nH]c3ncccc23)NC(=O)[C@H]([C@@H](C)O)NC(=O)[C@H](CCCCN)NC(=O)[C@H](Cc2ccc(O)cc2)NC(=O)[C@H](C(C)(C)C)NC(=O)CCCCCNC(=O)CCCCNC(=O)[C@H]([C@@H](C)O)NC(=O)[C@H](C2CCCCC2)NC(=O)[C@H](Cc2ccc(O)cc2)NC(=O)[C@H](CCC(=O)O)NC1=O. The predicted molar refractivity (Wildman–Crippen MR) is 405 cm³/mol. The highest BCUT2D eigenvalue weighted by Gasteiger charge is 2.41. The number of carboxylic acid groups (broad SMARTS) is 1. The summed E-state index contributed by atoms with van der Waals surface area (Å²) in [6, 6.07) is -0.569. The van der Waals surface area contributed by atoms with Crippen LogP contribution in [0.5, 0.6) is 11.5 Å². The molecule has 33 nitrogen and oxygen atoms in total. The fraction of sp³-hybridized carbons (Fsp3) is 0.584. The number of pyridine rings is 1. The van der Waals surface area contributed by atoms with Crippen molar-refractivity contribution in [2.75, 3.05) is 19.6 Å². The molecule has 2 aromatic heterocycles. The van der Waals surface area contributed by atoms with Crippen LogP contribution < -0.4 is 69.5 Å². The lowest BCUT2D eigenvalue weighted by molar-refractivity contribution is -0.139. The normalized spacial score (nSPS) is 24.5. The molecule has 2 aliphatic rings. The number of rotatable bonds is 18. The summed E-state index contributed by atoms with van der Waals surface area (Å²) in [5.41, 5.74) is 6.64. The first-order valence-electron chi connectivity index (χ1n) is 38.2. The molecule has 0 radical (unpaired) electrons. The van der Waals surface area contributed by atoms with Crippen molar-refractivity contribution in [2.45, 2.75) is 255 Å². The van der Waals surface area contributed by atoms with E-state index < -0.39 is 168 Å². The second-order valence-electron chi connectivity index (χ2n) is 29.6. The molecule has 2 fully saturated rings. The van der Waals surface area contributed by atoms with Crippen molar-refractivity contribution in [3.8, 4) is 11.5 Å². The number of fused-ring (bicyclic) bond motifs is 1. The highest BCUT2D eigenvalue weighted by molar-refractivity contribution is 6.00. The van der Waals surface area contributed by atoms with Crippen molar-refractivity contribution in [1.29, 1.82) is 0 Å². The summed E-state index contributed by atoms with van der Waals surface area (Å²) in [4.78, 5) is 193. The molecular weight excluding hydrogens is 1420 g/mol. The van der Waals surface area contributed by atoms with Gasteiger partial charge >= 0.3 is 5.97 Å². The minimum absolute atomic E-state index is 0.00340. The number of amides is 12. The van der Waals surface area contributed by atoms with Gasteiger partial charge in [-0.1, -0.05) is 84.1 Å². The van der Waals surface area contributed by atoms with E-state index in [1.165, 1.54) is 74.8 Å². The molecule has 0 spiro atoms. The van der Waals surface area contributed by atoms with Gasteiger partial charge in [-0.15, -0.1) is 0 Å². The van der Waals surface area contributed by atoms with E-state index in [2.05, 4.69) is 73.8 Å². The molecule has 12 atom stereocenters. The summed E-state index contributed by atoms with van der Waals surface area (Å²) in [5, 5.41) is 85.5. The number of carboxylic acids is 1. The maximum absolute atomic E-state index is 15.0. The molecule has 3 heterocycles. The number of aliphatic carboxylic acids is 1. The second-order valence-corrected chi connectivity index (χ2v) is 29.6. The first-order chi connectivity index (χ1) is 52.3. The third-order valence-corrected chi connectivity index (χ3v) is 19.5. The summed E-state index contributed by atoms with van der Waals surface area (Å²) in [7, 11) is 0. The maximum Gasteiger partial charge on any atom is 0.303 e. The molecule has 2 aromatic carbocycles. The standard InChI is InChI=1S/C77H113N15O18/c1-7-19-53-67(101)85-55(34-35-61(99)100)68(102)86-57(41-47-28-32-51(96)33-29-47)72(106)92-64(48-20-10-8-11-21-48)75(109)91-62(44(2)93)73(107)81-38-17-14-24-59(97)79-37-16-9-12-25-60(98)89-65(77(4,5)6)76(110)88-56(40-46-26-30-50(95)31-27-46)70(104)84-54(23-13-15-36-78)69(103)90-63(45(3)94)74(108)87-58(71(105)83-53)42-49-43-82-66-52(49)22-18-39-80-66/h18,22,26-33,39,43-45,48,53-58,62-65,93-96H,7-17,19-21,23-25,34-38,40-42,78H2,1-6H3,(H,79,97)(H,80,82)(H,81,107)(H,83,105)(H,84,104)(H,85,101)(H,86,102)(H,87,108)(H,88,110)(H,89,98)(H,90,103)(H,91,109)(H,92,106)(H,99,100)/t44-,45-,53+,54+,55+,56+,57+,58+,62+,63+,64+,65-/m1/s1. The van der Waals surface area contributed by atoms with Gasteiger partial charge in [0.2, 0.25) is 70.9 Å². The lowest BCUT2D eigenvalue weighted by Crippen LogP contribution is -2.63. The van der Waals surface area contributed by atoms with Gasteiger partial charge in [-0.05, 0) is 155 Å². The monoisotopic (exact) mass is 1540 g/mol. The van der Waals surface area contributed by atoms with Gasteiger partial charge in [0.25, 0.3) is 0 Å². The Kier molecular flexibility index (Phi) is 35.8. The van der Waals surface area contributed by atoms with Gasteiger partial charge in [0.1, 0.15) is 77.6 Å². The van der Waals surface area contributed by atoms with Crippen molar-refractivity contribution in [3.63, 3.8) is 0 Å². The number of aromatic hydroxyl groups is 2. The largest absolute Gasteiger partial charge is 0.508 e. The van der Waals surface area contributed by atoms with Crippen molar-refractivity contribution in [1.82, 2.24) is 73.8 Å². The van der Waals surface area contributed by atoms with Crippen LogP contribution in [0, 0.1) is 11.3 Å². The number of phenolic OH excluding ortho intramolecular Hbond substituents is 2. The lowest BCUT2D eigenvalue weighted by atomic mass is 9.83. The Hall–Kier alpha value is -10.3. The van der Waals surface area contributed by atoms with E-state index in [0.29, 0.717) is 91.9 Å². The van der Waals surface area contributed by atoms with Gasteiger partial charge in [-0.3, -0.25) is 62.3 Å². The lowest BCUT2D eigenvalue weighted by Gasteiger charge is -2.33. The third-order valence-electron chi connectivity index (χ3n) is 19.5. The molecule has 4 aromatic rings. The average Bonchev–Trinajstić information content (AvgIpc) is 1.69. The number of unbranched alkanes of at least 4 members (excludes halogenated alkanes) is 1. The molecule has 1 saturated heterocycles. The smallest absolute Gasteiger partial charge is 0.303 e. The fourth-order valence-corrected chi connectivity index (χ4v) is 13.2. The van der Waals surface area contributed by atoms with Crippen molar-refractivity contribution in [2.24, 2.45) is 17.1 Å². The van der Waals surface area contributed by atoms with Crippen LogP contribution in [0.25, 0.3) is 11.0 Å². The number of hydrogen-bond donors (Lipinski definition) is 19. The number of H-pyrrole nitrogens is 1. The minimum Gasteiger partial charge on any atom is -0.508 e. The molecule has 12 amide bonds. The molecule has 110 heavy (non-hydrogen) atoms. The Morgan fingerprint density at radius 2 is 0.982 bits per heavy atom. The first kappa shape index (κ1) is 88.6. The predicted octanol–water partition coefficient (Wildman–Crippen LogP) is 1.01. The van der Waals surface area contributed by atoms with Crippen LogP contribution in [-0.2, 0) is 81.6 Å². The highest BCUT2D eigenvalue weighted by Crippen LogP contribution is 2.28. The van der Waals surface area contributed by atoms with E-state index in [4.69, 9.17) is 5.73 Å². The van der Waals surface area contributed by atoms with E-state index in [1.54, 1.807) is 39.8 Å². The van der Waals surface area contributed by atoms with Gasteiger partial charge in [0.15, 0.2) is 0 Å². The van der Waals surface area contributed by atoms with Gasteiger partial charge in [-0.25, -0.2) is 4.98 Å². The van der Waals surface area contributed by atoms with E-state index in [9.17, 15) is 83.1 Å². The number of nitrogens with one attached hydrogen (secondary N) is 13. The Morgan fingerprint density at radius 3 is 1.55 bits per heavy atom. The van der Waals surface area contributed by atoms with Crippen LogP contribution in [0.2, 0.25) is 0 Å². The van der Waals surface area contributed by atoms with Crippen molar-refractivity contribution in [3.05, 3.63) is 89.7 Å². The number of aliphatic hydroxyl groups is 2. The fourth-order valence-electron chi connectivity index (χ4n) is 13.2. The summed E-state index contributed by atoms with van der Waals surface area (Å²) in [5.74, 6) is -12.1. The zero-order chi connectivity index (χ0) is 80.6. The number of carbonyl (C=O) groups excluding carboxylic acids is 12. The molecule has 33 heteroatoms. The van der Waals surface area contributed by atoms with Crippen LogP contribution in [-0.4, -0.2) is 205 Å². The summed E-state index contributed by atoms with van der Waals surface area (Å²) in [6.07, 6.45) is 3.72. The number of aromatic nitrogens is 2. The number of aromatic amines is 1. The van der Waals surface area contributed by atoms with E-state index in [0.717, 1.165) is 6.42 Å². The topological polar surface area (TPSA) is 522 Å². The van der Waals surface area contributed by atoms with Gasteiger partial charge in [-0.2, -0.15) is 0 Å². The summed E-state index contributed by atoms with van der Waals surface area (Å²) >= 11 is 0. The number of carbonyl (C=O) groups is 13. The van der Waals surface area contributed by atoms with Gasteiger partial charge in [0.05, 0.1) is 12.2 Å². The van der Waals surface area contributed by atoms with Gasteiger partial charge < -0.3 is 100 Å². The van der Waals surface area contributed by atoms with Crippen molar-refractivity contribution >= 4 is 87.9 Å². The van der Waals surface area contributed by atoms with Crippen LogP contribution in [0.15, 0.2) is 73.1 Å². The van der Waals surface area contributed by atoms with Crippen LogP contribution in [0.1, 0.15) is 180 Å². The van der Waals surface area contributed by atoms with Crippen LogP contribution >= 0.6 is 0 Å². The third kappa shape index (κ3) is 28.9. The Bertz CT molecular complexity index is 3750. The Labute approximate surface area is 640 Å². The second kappa shape index (κ2) is 44.4. The summed E-state index contributed by atoms with van der Waals surface area (Å²) in [6.45, 7) is 9.83. The maximum atomic E-state index is 15.0. The molecule has 6 rings (SSSR count). The number of aliphatic hydroxyl groups excluding tert-OH is 2. The quantitative estimate of drug-likeness (QED) is 0.0618. The molecule has 604 valence electrons. The number of nitrogens with zero attached hydrogens (tertiary/aromatic N) is 1. The number of phenols is 2. The Balaban J connectivity index is 1.37. The number of hydrogen-bond acceptors (Lipinski definition) is 19. The molecular formula is C77H113N15O18. The molecule has 0 bridgehead atoms. The number of benzene rings is 2. The molecule has 20 N–H and O–H groups in total. The zero-order valence-electron chi connectivity index (χ0n) is 63.7. The molecule has 0 unspecified atom stereocenters. The van der Waals surface area contributed by atoms with Crippen LogP contribution in [0.3, 0.4) is 0 Å². The Morgan fingerprint density at radius 1 is 0.509 bits per heavy atom. The number of nitrogens with two attached hydrogens (primary N) is 1. The first-order valence-corrected chi connectivity index (χ1v) is 38.2. The van der Waals surface area contributed by atoms with Crippen molar-refractivity contribution < 1.29 is 87.9 Å². The van der Waals surface area contributed by atoms with Gasteiger partial charge in [0, 0.05) is 69.4 Å². The molecule has 1 saturated carbocycles. The minimum atomic E-state index is -1.86.